The van der Waals surface area contributed by atoms with Crippen LogP contribution in [-0.2, 0) is 0 Å². The first-order valence-electron chi connectivity index (χ1n) is 9.79. The third-order valence-corrected chi connectivity index (χ3v) is 6.15. The van der Waals surface area contributed by atoms with Crippen molar-refractivity contribution in [2.75, 3.05) is 0 Å². The summed E-state index contributed by atoms with van der Waals surface area (Å²) in [6.07, 6.45) is 0. The van der Waals surface area contributed by atoms with Gasteiger partial charge in [0.25, 0.3) is 0 Å². The van der Waals surface area contributed by atoms with Gasteiger partial charge in [0.2, 0.25) is 0 Å². The number of nitrogens with two attached hydrogens (primary N) is 1. The molecule has 0 radical (unpaired) electrons. The molecular formula is C26H20N4S. The normalized spacial score (nSPS) is 11.5. The Morgan fingerprint density at radius 2 is 1.42 bits per heavy atom. The van der Waals surface area contributed by atoms with Crippen LogP contribution in [0.5, 0.6) is 0 Å². The molecule has 0 bridgehead atoms. The molecule has 1 aromatic heterocycles. The number of pyridine rings is 1. The summed E-state index contributed by atoms with van der Waals surface area (Å²) in [6.45, 7) is 0. The van der Waals surface area contributed by atoms with Crippen LogP contribution < -0.4 is 5.73 Å². The quantitative estimate of drug-likeness (QED) is 0.226. The Balaban J connectivity index is 1.90. The van der Waals surface area contributed by atoms with Gasteiger partial charge in [-0.05, 0) is 17.2 Å². The predicted molar refractivity (Wildman–Crippen MR) is 127 cm³/mol. The smallest absolute Gasteiger partial charge is 0.116 e. The summed E-state index contributed by atoms with van der Waals surface area (Å²) >= 11 is 1.34. The lowest BCUT2D eigenvalue weighted by Crippen LogP contribution is -2.18. The zero-order valence-corrected chi connectivity index (χ0v) is 17.5. The Morgan fingerprint density at radius 3 is 1.97 bits per heavy atom. The van der Waals surface area contributed by atoms with Gasteiger partial charge >= 0.3 is 0 Å². The van der Waals surface area contributed by atoms with Crippen LogP contribution in [0.3, 0.4) is 0 Å². The van der Waals surface area contributed by atoms with E-state index in [-0.39, 0.29) is 5.84 Å². The highest BCUT2D eigenvalue weighted by Crippen LogP contribution is 2.40. The van der Waals surface area contributed by atoms with Crippen LogP contribution in [0.4, 0.5) is 0 Å². The van der Waals surface area contributed by atoms with E-state index in [2.05, 4.69) is 6.07 Å². The van der Waals surface area contributed by atoms with Crippen LogP contribution in [-0.4, -0.2) is 10.8 Å². The van der Waals surface area contributed by atoms with E-state index in [4.69, 9.17) is 16.1 Å². The van der Waals surface area contributed by atoms with E-state index in [0.29, 0.717) is 10.6 Å². The van der Waals surface area contributed by atoms with Gasteiger partial charge in [0.05, 0.1) is 16.5 Å². The van der Waals surface area contributed by atoms with Crippen molar-refractivity contribution >= 4 is 17.6 Å². The lowest BCUT2D eigenvalue weighted by atomic mass is 9.99. The topological polar surface area (TPSA) is 86.5 Å². The molecule has 0 amide bonds. The molecule has 0 spiro atoms. The molecule has 0 aliphatic heterocycles. The van der Waals surface area contributed by atoms with Gasteiger partial charge in [0.1, 0.15) is 16.9 Å². The van der Waals surface area contributed by atoms with Crippen molar-refractivity contribution in [3.63, 3.8) is 0 Å². The number of nitrogens with zero attached hydrogens (tertiary/aromatic N) is 2. The van der Waals surface area contributed by atoms with Crippen molar-refractivity contribution in [2.24, 2.45) is 5.73 Å². The average molecular weight is 421 g/mol. The second-order valence-electron chi connectivity index (χ2n) is 6.94. The van der Waals surface area contributed by atoms with Gasteiger partial charge in [0.15, 0.2) is 0 Å². The molecule has 3 N–H and O–H groups in total. The van der Waals surface area contributed by atoms with E-state index < -0.39 is 5.25 Å². The van der Waals surface area contributed by atoms with Gasteiger partial charge in [-0.1, -0.05) is 103 Å². The molecule has 4 rings (SSSR count). The molecule has 5 heteroatoms. The molecular weight excluding hydrogens is 400 g/mol. The summed E-state index contributed by atoms with van der Waals surface area (Å²) in [4.78, 5) is 4.84. The van der Waals surface area contributed by atoms with Gasteiger partial charge in [-0.15, -0.1) is 0 Å². The zero-order chi connectivity index (χ0) is 21.6. The van der Waals surface area contributed by atoms with Crippen LogP contribution in [0.25, 0.3) is 22.4 Å². The summed E-state index contributed by atoms with van der Waals surface area (Å²) in [5.74, 6) is 0.0215. The lowest BCUT2D eigenvalue weighted by Gasteiger charge is -2.18. The molecule has 0 aliphatic carbocycles. The molecule has 0 aliphatic rings. The number of benzene rings is 3. The minimum Gasteiger partial charge on any atom is -0.386 e. The first-order chi connectivity index (χ1) is 15.2. The molecule has 150 valence electrons. The Morgan fingerprint density at radius 1 is 0.871 bits per heavy atom. The maximum atomic E-state index is 10.1. The van der Waals surface area contributed by atoms with Crippen LogP contribution in [0.1, 0.15) is 16.4 Å². The number of rotatable bonds is 6. The van der Waals surface area contributed by atoms with Crippen LogP contribution >= 0.6 is 11.8 Å². The van der Waals surface area contributed by atoms with E-state index in [1.807, 2.05) is 97.1 Å². The molecule has 1 atom stereocenters. The Bertz CT molecular complexity index is 1230. The fourth-order valence-corrected chi connectivity index (χ4v) is 4.44. The van der Waals surface area contributed by atoms with Crippen LogP contribution in [0.2, 0.25) is 0 Å². The standard InChI is InChI=1S/C26H20N4S/c27-17-22-21(18-10-4-1-5-11-18)16-23(19-12-6-2-7-13-19)30-26(22)31-24(25(28)29)20-14-8-3-9-15-20/h1-16,24H,(H3,28,29). The second kappa shape index (κ2) is 9.29. The van der Waals surface area contributed by atoms with Crippen LogP contribution in [0, 0.1) is 16.7 Å². The van der Waals surface area contributed by atoms with Gasteiger partial charge < -0.3 is 5.73 Å². The van der Waals surface area contributed by atoms with E-state index in [1.54, 1.807) is 0 Å². The summed E-state index contributed by atoms with van der Waals surface area (Å²) in [7, 11) is 0. The first-order valence-corrected chi connectivity index (χ1v) is 10.7. The molecule has 4 aromatic rings. The van der Waals surface area contributed by atoms with Crippen molar-refractivity contribution < 1.29 is 0 Å². The average Bonchev–Trinajstić information content (AvgIpc) is 2.83. The first kappa shape index (κ1) is 20.4. The molecule has 31 heavy (non-hydrogen) atoms. The SMILES string of the molecule is N#Cc1c(-c2ccccc2)cc(-c2ccccc2)nc1SC(C(=N)N)c1ccccc1. The minimum atomic E-state index is -0.435. The summed E-state index contributed by atoms with van der Waals surface area (Å²) in [5.41, 5.74) is 10.8. The zero-order valence-electron chi connectivity index (χ0n) is 16.7. The maximum Gasteiger partial charge on any atom is 0.116 e. The Hall–Kier alpha value is -3.88. The van der Waals surface area contributed by atoms with Crippen molar-refractivity contribution in [1.82, 2.24) is 4.98 Å². The number of thioether (sulfide) groups is 1. The minimum absolute atomic E-state index is 0.0215. The highest BCUT2D eigenvalue weighted by Gasteiger charge is 2.22. The molecule has 3 aromatic carbocycles. The molecule has 0 saturated heterocycles. The number of hydrogen-bond donors (Lipinski definition) is 2. The predicted octanol–water partition coefficient (Wildman–Crippen LogP) is 6.06. The lowest BCUT2D eigenvalue weighted by molar-refractivity contribution is 1.10. The van der Waals surface area contributed by atoms with Crippen molar-refractivity contribution in [3.05, 3.63) is 108 Å². The van der Waals surface area contributed by atoms with E-state index in [1.165, 1.54) is 11.8 Å². The van der Waals surface area contributed by atoms with Gasteiger partial charge in [0, 0.05) is 11.1 Å². The number of nitriles is 1. The van der Waals surface area contributed by atoms with E-state index in [9.17, 15) is 5.26 Å². The molecule has 0 fully saturated rings. The number of hydrogen-bond acceptors (Lipinski definition) is 4. The highest BCUT2D eigenvalue weighted by atomic mass is 32.2. The largest absolute Gasteiger partial charge is 0.386 e. The van der Waals surface area contributed by atoms with Crippen LogP contribution in [0.15, 0.2) is 102 Å². The molecule has 4 nitrogen and oxygen atoms in total. The number of aromatic nitrogens is 1. The Labute approximate surface area is 185 Å². The van der Waals surface area contributed by atoms with Crippen molar-refractivity contribution in [2.45, 2.75) is 10.3 Å². The third-order valence-electron chi connectivity index (χ3n) is 4.87. The molecule has 1 unspecified atom stereocenters. The fourth-order valence-electron chi connectivity index (χ4n) is 3.37. The van der Waals surface area contributed by atoms with Gasteiger partial charge in [-0.2, -0.15) is 5.26 Å². The molecule has 0 saturated carbocycles. The Kier molecular flexibility index (Phi) is 6.11. The van der Waals surface area contributed by atoms with E-state index in [0.717, 1.165) is 27.9 Å². The summed E-state index contributed by atoms with van der Waals surface area (Å²) in [6, 6.07) is 33.6. The number of nitrogens with one attached hydrogen (secondary N) is 1. The van der Waals surface area contributed by atoms with Gasteiger partial charge in [-0.3, -0.25) is 5.41 Å². The van der Waals surface area contributed by atoms with Gasteiger partial charge in [-0.25, -0.2) is 4.98 Å². The summed E-state index contributed by atoms with van der Waals surface area (Å²) < 4.78 is 0. The monoisotopic (exact) mass is 420 g/mol. The third kappa shape index (κ3) is 4.50. The maximum absolute atomic E-state index is 10.1. The fraction of sp³-hybridized carbons (Fsp3) is 0.0385. The van der Waals surface area contributed by atoms with Crippen molar-refractivity contribution in [1.29, 1.82) is 10.7 Å². The summed E-state index contributed by atoms with van der Waals surface area (Å²) in [5, 5.41) is 18.3. The van der Waals surface area contributed by atoms with E-state index >= 15 is 0 Å². The van der Waals surface area contributed by atoms with Crippen molar-refractivity contribution in [3.8, 4) is 28.5 Å². The highest BCUT2D eigenvalue weighted by molar-refractivity contribution is 8.00. The second-order valence-corrected chi connectivity index (χ2v) is 8.04. The molecule has 1 heterocycles. The number of amidine groups is 1.